The summed E-state index contributed by atoms with van der Waals surface area (Å²) in [5, 5.41) is 0. The highest BCUT2D eigenvalue weighted by Gasteiger charge is 2.64. The van der Waals surface area contributed by atoms with Crippen molar-refractivity contribution < 1.29 is 81.3 Å². The lowest BCUT2D eigenvalue weighted by atomic mass is 9.43. The van der Waals surface area contributed by atoms with Crippen molar-refractivity contribution in [3.63, 3.8) is 0 Å². The van der Waals surface area contributed by atoms with Crippen LogP contribution < -0.4 is 0 Å². The van der Waals surface area contributed by atoms with Crippen LogP contribution in [0.25, 0.3) is 0 Å². The normalized spacial score (nSPS) is 35.9. The van der Waals surface area contributed by atoms with Crippen LogP contribution in [0.3, 0.4) is 0 Å². The first kappa shape index (κ1) is 39.4. The molecule has 49 heavy (non-hydrogen) atoms. The summed E-state index contributed by atoms with van der Waals surface area (Å²) in [6, 6.07) is 0. The molecule has 4 saturated carbocycles. The molecule has 0 aromatic carbocycles. The lowest BCUT2D eigenvalue weighted by Crippen LogP contribution is -2.59. The molecule has 0 spiro atoms. The summed E-state index contributed by atoms with van der Waals surface area (Å²) in [6.45, 7) is 5.49. The highest BCUT2D eigenvalue weighted by molar-refractivity contribution is 5.76. The van der Waals surface area contributed by atoms with E-state index in [0.717, 1.165) is 0 Å². The van der Waals surface area contributed by atoms with Crippen LogP contribution in [0.5, 0.6) is 0 Å². The first-order chi connectivity index (χ1) is 22.2. The lowest BCUT2D eigenvalue weighted by molar-refractivity contribution is -0.313. The standard InChI is InChI=1S/C31H38F12O6/c1-14(4-7-22(44)49-23(28(32,33)34)29(35,36)37)17-5-6-18-16-13-21(48-25(46)31(41,42)43)20-12-15(47-24(45)30(38,39)40)8-10-27(20,3)19(16)9-11-26(17,18)2/h14-21,23H,4-13H2,1-3H3/t14?,15-,16+,17-,18+,19+,20+,21+,26-,27-/m1/s1. The highest BCUT2D eigenvalue weighted by atomic mass is 19.4. The van der Waals surface area contributed by atoms with Gasteiger partial charge in [-0.2, -0.15) is 52.7 Å². The quantitative estimate of drug-likeness (QED) is 0.148. The fourth-order valence-corrected chi connectivity index (χ4v) is 9.92. The summed E-state index contributed by atoms with van der Waals surface area (Å²) in [4.78, 5) is 35.7. The zero-order valence-electron chi connectivity index (χ0n) is 26.8. The zero-order valence-corrected chi connectivity index (χ0v) is 26.8. The molecule has 4 rings (SSSR count). The van der Waals surface area contributed by atoms with Gasteiger partial charge < -0.3 is 14.2 Å². The van der Waals surface area contributed by atoms with E-state index in [1.165, 1.54) is 0 Å². The van der Waals surface area contributed by atoms with E-state index in [2.05, 4.69) is 9.47 Å². The smallest absolute Gasteiger partial charge is 0.456 e. The molecular formula is C31H38F12O6. The van der Waals surface area contributed by atoms with Gasteiger partial charge in [-0.05, 0) is 98.2 Å². The molecular weight excluding hydrogens is 696 g/mol. The third-order valence-electron chi connectivity index (χ3n) is 12.0. The molecule has 0 aromatic heterocycles. The van der Waals surface area contributed by atoms with Crippen LogP contribution in [0.1, 0.15) is 85.0 Å². The van der Waals surface area contributed by atoms with Gasteiger partial charge in [0, 0.05) is 12.3 Å². The van der Waals surface area contributed by atoms with Crippen molar-refractivity contribution in [2.24, 2.45) is 46.3 Å². The molecule has 0 saturated heterocycles. The van der Waals surface area contributed by atoms with Crippen LogP contribution in [-0.4, -0.2) is 60.9 Å². The minimum Gasteiger partial charge on any atom is -0.456 e. The van der Waals surface area contributed by atoms with Crippen molar-refractivity contribution >= 4 is 17.9 Å². The van der Waals surface area contributed by atoms with E-state index in [0.29, 0.717) is 25.7 Å². The molecule has 0 aliphatic heterocycles. The number of hydrogen-bond acceptors (Lipinski definition) is 6. The Balaban J connectivity index is 1.51. The van der Waals surface area contributed by atoms with Crippen LogP contribution in [0.2, 0.25) is 0 Å². The molecule has 0 radical (unpaired) electrons. The Morgan fingerprint density at radius 1 is 0.694 bits per heavy atom. The van der Waals surface area contributed by atoms with Crippen molar-refractivity contribution in [3.05, 3.63) is 0 Å². The fraction of sp³-hybridized carbons (Fsp3) is 0.903. The molecule has 18 heteroatoms. The summed E-state index contributed by atoms with van der Waals surface area (Å²) in [5.74, 6) is -8.47. The van der Waals surface area contributed by atoms with E-state index in [1.54, 1.807) is 6.92 Å². The van der Waals surface area contributed by atoms with Gasteiger partial charge in [-0.1, -0.05) is 20.8 Å². The molecule has 1 unspecified atom stereocenters. The molecule has 0 aromatic rings. The summed E-state index contributed by atoms with van der Waals surface area (Å²) in [6.07, 6.45) is -27.8. The van der Waals surface area contributed by atoms with Crippen LogP contribution in [0.4, 0.5) is 52.7 Å². The van der Waals surface area contributed by atoms with E-state index >= 15 is 0 Å². The average Bonchev–Trinajstić information content (AvgIpc) is 3.30. The van der Waals surface area contributed by atoms with Gasteiger partial charge in [0.1, 0.15) is 12.2 Å². The van der Waals surface area contributed by atoms with Gasteiger partial charge >= 0.3 is 42.6 Å². The van der Waals surface area contributed by atoms with E-state index < -0.39 is 84.1 Å². The fourth-order valence-electron chi connectivity index (χ4n) is 9.92. The number of rotatable bonds is 7. The van der Waals surface area contributed by atoms with E-state index in [4.69, 9.17) is 4.74 Å². The molecule has 0 bridgehead atoms. The summed E-state index contributed by atoms with van der Waals surface area (Å²) < 4.78 is 169. The highest BCUT2D eigenvalue weighted by Crippen LogP contribution is 2.69. The Labute approximate surface area is 273 Å². The van der Waals surface area contributed by atoms with E-state index in [9.17, 15) is 67.1 Å². The Hall–Kier alpha value is -2.43. The maximum absolute atomic E-state index is 13.4. The topological polar surface area (TPSA) is 78.9 Å². The maximum atomic E-state index is 13.4. The summed E-state index contributed by atoms with van der Waals surface area (Å²) >= 11 is 0. The van der Waals surface area contributed by atoms with Gasteiger partial charge in [0.05, 0.1) is 0 Å². The van der Waals surface area contributed by atoms with Crippen LogP contribution in [-0.2, 0) is 28.6 Å². The summed E-state index contributed by atoms with van der Waals surface area (Å²) in [5.41, 5.74) is -1.28. The Morgan fingerprint density at radius 3 is 1.78 bits per heavy atom. The van der Waals surface area contributed by atoms with Crippen molar-refractivity contribution in [2.75, 3.05) is 0 Å². The summed E-state index contributed by atoms with van der Waals surface area (Å²) in [7, 11) is 0. The SMILES string of the molecule is CC(CCC(=O)OC(C(F)(F)F)C(F)(F)F)[C@H]1CC[C@H]2[C@@H]3C[C@H](OC(=O)C(F)(F)F)[C@@H]4C[C@H](OC(=O)C(F)(F)F)CC[C@]4(C)[C@H]3CC[C@]12C. The number of alkyl halides is 12. The van der Waals surface area contributed by atoms with Gasteiger partial charge in [-0.15, -0.1) is 0 Å². The molecule has 10 atom stereocenters. The molecule has 4 fully saturated rings. The number of carbonyl (C=O) groups excluding carboxylic acids is 3. The first-order valence-electron chi connectivity index (χ1n) is 16.1. The van der Waals surface area contributed by atoms with E-state index in [1.807, 2.05) is 13.8 Å². The number of fused-ring (bicyclic) bond motifs is 5. The second-order valence-corrected chi connectivity index (χ2v) is 14.7. The molecule has 0 N–H and O–H groups in total. The molecule has 0 heterocycles. The van der Waals surface area contributed by atoms with Gasteiger partial charge in [0.25, 0.3) is 6.10 Å². The first-order valence-corrected chi connectivity index (χ1v) is 16.1. The Kier molecular flexibility index (Phi) is 10.7. The van der Waals surface area contributed by atoms with E-state index in [-0.39, 0.29) is 61.7 Å². The second kappa shape index (κ2) is 13.3. The monoisotopic (exact) mass is 734 g/mol. The average molecular weight is 735 g/mol. The predicted molar refractivity (Wildman–Crippen MR) is 143 cm³/mol. The third-order valence-corrected chi connectivity index (χ3v) is 12.0. The van der Waals surface area contributed by atoms with Crippen LogP contribution in [0, 0.1) is 46.3 Å². The number of hydrogen-bond donors (Lipinski definition) is 0. The number of carbonyl (C=O) groups is 3. The second-order valence-electron chi connectivity index (χ2n) is 14.7. The Morgan fingerprint density at radius 2 is 1.22 bits per heavy atom. The van der Waals surface area contributed by atoms with Crippen molar-refractivity contribution in [1.29, 1.82) is 0 Å². The minimum absolute atomic E-state index is 0.0131. The van der Waals surface area contributed by atoms with Crippen molar-refractivity contribution in [1.82, 2.24) is 0 Å². The number of esters is 3. The van der Waals surface area contributed by atoms with Crippen LogP contribution >= 0.6 is 0 Å². The Bertz CT molecular complexity index is 1230. The van der Waals surface area contributed by atoms with Crippen LogP contribution in [0.15, 0.2) is 0 Å². The molecule has 4 aliphatic carbocycles. The number of halogens is 12. The molecule has 0 amide bonds. The van der Waals surface area contributed by atoms with Crippen molar-refractivity contribution in [2.45, 2.75) is 128 Å². The molecule has 6 nitrogen and oxygen atoms in total. The predicted octanol–water partition coefficient (Wildman–Crippen LogP) is 8.66. The molecule has 282 valence electrons. The third kappa shape index (κ3) is 8.06. The zero-order chi connectivity index (χ0) is 37.1. The number of ether oxygens (including phenoxy) is 3. The van der Waals surface area contributed by atoms with Crippen molar-refractivity contribution in [3.8, 4) is 0 Å². The molecule has 4 aliphatic rings. The largest absolute Gasteiger partial charge is 0.490 e. The van der Waals surface area contributed by atoms with Gasteiger partial charge in [-0.25, -0.2) is 9.59 Å². The maximum Gasteiger partial charge on any atom is 0.490 e. The minimum atomic E-state index is -5.85. The van der Waals surface area contributed by atoms with Gasteiger partial charge in [0.15, 0.2) is 0 Å². The van der Waals surface area contributed by atoms with Gasteiger partial charge in [0.2, 0.25) is 0 Å². The van der Waals surface area contributed by atoms with Gasteiger partial charge in [-0.3, -0.25) is 4.79 Å². The lowest BCUT2D eigenvalue weighted by Gasteiger charge is -2.62.